The van der Waals surface area contributed by atoms with Gasteiger partial charge >= 0.3 is 0 Å². The van der Waals surface area contributed by atoms with Crippen molar-refractivity contribution < 1.29 is 9.50 Å². The van der Waals surface area contributed by atoms with Crippen molar-refractivity contribution in [3.05, 3.63) is 35.6 Å². The standard InChI is InChI=1S/C13H18FNO/c1-10-5-6-15(9-13(10)16)8-11-3-2-4-12(14)7-11/h2-4,7,10,13,16H,5-6,8-9H2,1H3. The largest absolute Gasteiger partial charge is 0.392 e. The van der Waals surface area contributed by atoms with Gasteiger partial charge in [-0.3, -0.25) is 4.90 Å². The van der Waals surface area contributed by atoms with Crippen molar-refractivity contribution in [2.75, 3.05) is 13.1 Å². The van der Waals surface area contributed by atoms with Crippen molar-refractivity contribution in [1.29, 1.82) is 0 Å². The van der Waals surface area contributed by atoms with E-state index in [1.165, 1.54) is 6.07 Å². The molecule has 0 aromatic heterocycles. The smallest absolute Gasteiger partial charge is 0.123 e. The molecule has 0 amide bonds. The Morgan fingerprint density at radius 2 is 2.31 bits per heavy atom. The average molecular weight is 223 g/mol. The maximum Gasteiger partial charge on any atom is 0.123 e. The Labute approximate surface area is 95.7 Å². The molecule has 0 spiro atoms. The number of benzene rings is 1. The lowest BCUT2D eigenvalue weighted by molar-refractivity contribution is 0.0259. The van der Waals surface area contributed by atoms with Crippen LogP contribution in [0.4, 0.5) is 4.39 Å². The van der Waals surface area contributed by atoms with Crippen molar-refractivity contribution in [2.45, 2.75) is 26.0 Å². The third-order valence-corrected chi connectivity index (χ3v) is 3.30. The SMILES string of the molecule is CC1CCN(Cc2cccc(F)c2)CC1O. The molecule has 1 saturated heterocycles. The number of halogens is 1. The first-order valence-electron chi connectivity index (χ1n) is 5.80. The van der Waals surface area contributed by atoms with Crippen LogP contribution in [0.1, 0.15) is 18.9 Å². The number of piperidine rings is 1. The van der Waals surface area contributed by atoms with Gasteiger partial charge in [0.1, 0.15) is 5.82 Å². The molecule has 0 radical (unpaired) electrons. The number of rotatable bonds is 2. The van der Waals surface area contributed by atoms with Gasteiger partial charge in [-0.15, -0.1) is 0 Å². The zero-order valence-electron chi connectivity index (χ0n) is 9.56. The molecular weight excluding hydrogens is 205 g/mol. The van der Waals surface area contributed by atoms with E-state index in [0.29, 0.717) is 12.5 Å². The summed E-state index contributed by atoms with van der Waals surface area (Å²) >= 11 is 0. The highest BCUT2D eigenvalue weighted by atomic mass is 19.1. The van der Waals surface area contributed by atoms with E-state index < -0.39 is 0 Å². The molecule has 1 aromatic rings. The zero-order chi connectivity index (χ0) is 11.5. The lowest BCUT2D eigenvalue weighted by atomic mass is 9.96. The van der Waals surface area contributed by atoms with Gasteiger partial charge in [0, 0.05) is 13.1 Å². The fourth-order valence-corrected chi connectivity index (χ4v) is 2.15. The first-order valence-corrected chi connectivity index (χ1v) is 5.80. The second-order valence-electron chi connectivity index (χ2n) is 4.70. The molecule has 0 aliphatic carbocycles. The average Bonchev–Trinajstić information content (AvgIpc) is 2.24. The predicted molar refractivity (Wildman–Crippen MR) is 61.5 cm³/mol. The number of aliphatic hydroxyl groups is 1. The third-order valence-electron chi connectivity index (χ3n) is 3.30. The van der Waals surface area contributed by atoms with Gasteiger partial charge in [0.15, 0.2) is 0 Å². The lowest BCUT2D eigenvalue weighted by Gasteiger charge is -2.34. The van der Waals surface area contributed by atoms with Crippen molar-refractivity contribution >= 4 is 0 Å². The van der Waals surface area contributed by atoms with E-state index in [9.17, 15) is 9.50 Å². The second-order valence-corrected chi connectivity index (χ2v) is 4.70. The van der Waals surface area contributed by atoms with Crippen LogP contribution in [0.3, 0.4) is 0 Å². The summed E-state index contributed by atoms with van der Waals surface area (Å²) in [4.78, 5) is 2.18. The first-order chi connectivity index (χ1) is 7.65. The summed E-state index contributed by atoms with van der Waals surface area (Å²) in [6.45, 7) is 4.47. The van der Waals surface area contributed by atoms with E-state index in [-0.39, 0.29) is 11.9 Å². The molecule has 16 heavy (non-hydrogen) atoms. The van der Waals surface area contributed by atoms with E-state index in [2.05, 4.69) is 11.8 Å². The molecule has 88 valence electrons. The highest BCUT2D eigenvalue weighted by Crippen LogP contribution is 2.19. The number of hydrogen-bond donors (Lipinski definition) is 1. The highest BCUT2D eigenvalue weighted by Gasteiger charge is 2.23. The van der Waals surface area contributed by atoms with Crippen molar-refractivity contribution in [3.63, 3.8) is 0 Å². The Kier molecular flexibility index (Phi) is 3.56. The molecule has 1 aliphatic heterocycles. The number of hydrogen-bond acceptors (Lipinski definition) is 2. The summed E-state index contributed by atoms with van der Waals surface area (Å²) < 4.78 is 13.0. The minimum atomic E-state index is -0.248. The zero-order valence-corrected chi connectivity index (χ0v) is 9.56. The van der Waals surface area contributed by atoms with E-state index in [1.54, 1.807) is 12.1 Å². The summed E-state index contributed by atoms with van der Waals surface area (Å²) in [6.07, 6.45) is 0.763. The molecular formula is C13H18FNO. The van der Waals surface area contributed by atoms with Gasteiger partial charge < -0.3 is 5.11 Å². The summed E-state index contributed by atoms with van der Waals surface area (Å²) in [6, 6.07) is 6.67. The molecule has 0 saturated carbocycles. The van der Waals surface area contributed by atoms with Crippen LogP contribution in [0.5, 0.6) is 0 Å². The summed E-state index contributed by atoms with van der Waals surface area (Å²) in [5, 5.41) is 9.76. The predicted octanol–water partition coefficient (Wildman–Crippen LogP) is 2.03. The normalized spacial score (nSPS) is 26.9. The van der Waals surface area contributed by atoms with Crippen molar-refractivity contribution in [1.82, 2.24) is 4.90 Å². The molecule has 1 aromatic carbocycles. The maximum atomic E-state index is 13.0. The van der Waals surface area contributed by atoms with Gasteiger partial charge in [-0.05, 0) is 36.6 Å². The maximum absolute atomic E-state index is 13.0. The molecule has 3 heteroatoms. The highest BCUT2D eigenvalue weighted by molar-refractivity contribution is 5.16. The number of aliphatic hydroxyl groups excluding tert-OH is 1. The fourth-order valence-electron chi connectivity index (χ4n) is 2.15. The van der Waals surface area contributed by atoms with Crippen molar-refractivity contribution in [2.24, 2.45) is 5.92 Å². The van der Waals surface area contributed by atoms with Gasteiger partial charge in [-0.2, -0.15) is 0 Å². The Bertz CT molecular complexity index is 356. The van der Waals surface area contributed by atoms with Crippen LogP contribution in [0.2, 0.25) is 0 Å². The number of nitrogens with zero attached hydrogens (tertiary/aromatic N) is 1. The molecule has 1 aliphatic rings. The molecule has 1 fully saturated rings. The topological polar surface area (TPSA) is 23.5 Å². The van der Waals surface area contributed by atoms with E-state index >= 15 is 0 Å². The van der Waals surface area contributed by atoms with Crippen LogP contribution in [-0.4, -0.2) is 29.2 Å². The van der Waals surface area contributed by atoms with Crippen LogP contribution < -0.4 is 0 Å². The molecule has 0 bridgehead atoms. The lowest BCUT2D eigenvalue weighted by Crippen LogP contribution is -2.42. The molecule has 2 atom stereocenters. The van der Waals surface area contributed by atoms with Gasteiger partial charge in [0.2, 0.25) is 0 Å². The molecule has 2 rings (SSSR count). The minimum Gasteiger partial charge on any atom is -0.392 e. The van der Waals surface area contributed by atoms with E-state index in [1.807, 2.05) is 6.07 Å². The summed E-state index contributed by atoms with van der Waals surface area (Å²) in [5.41, 5.74) is 0.974. The minimum absolute atomic E-state index is 0.191. The number of β-amino-alcohol motifs (C(OH)–C–C–N with tert-alkyl or cyclic N) is 1. The van der Waals surface area contributed by atoms with E-state index in [4.69, 9.17) is 0 Å². The second kappa shape index (κ2) is 4.93. The molecule has 2 unspecified atom stereocenters. The quantitative estimate of drug-likeness (QED) is 0.829. The van der Waals surface area contributed by atoms with E-state index in [0.717, 1.165) is 25.1 Å². The van der Waals surface area contributed by atoms with Crippen LogP contribution >= 0.6 is 0 Å². The Hall–Kier alpha value is -0.930. The van der Waals surface area contributed by atoms with Crippen LogP contribution in [-0.2, 0) is 6.54 Å². The fraction of sp³-hybridized carbons (Fsp3) is 0.538. The summed E-state index contributed by atoms with van der Waals surface area (Å²) in [7, 11) is 0. The number of likely N-dealkylation sites (tertiary alicyclic amines) is 1. The monoisotopic (exact) mass is 223 g/mol. The van der Waals surface area contributed by atoms with Crippen LogP contribution in [0.25, 0.3) is 0 Å². The summed E-state index contributed by atoms with van der Waals surface area (Å²) in [5.74, 6) is 0.187. The molecule has 1 N–H and O–H groups in total. The van der Waals surface area contributed by atoms with Gasteiger partial charge in [0.25, 0.3) is 0 Å². The Morgan fingerprint density at radius 3 is 3.00 bits per heavy atom. The van der Waals surface area contributed by atoms with Crippen LogP contribution in [0.15, 0.2) is 24.3 Å². The molecule has 2 nitrogen and oxygen atoms in total. The van der Waals surface area contributed by atoms with Gasteiger partial charge in [-0.1, -0.05) is 19.1 Å². The van der Waals surface area contributed by atoms with Crippen molar-refractivity contribution in [3.8, 4) is 0 Å². The molecule has 1 heterocycles. The van der Waals surface area contributed by atoms with Crippen LogP contribution in [0, 0.1) is 11.7 Å². The van der Waals surface area contributed by atoms with Gasteiger partial charge in [0.05, 0.1) is 6.10 Å². The Morgan fingerprint density at radius 1 is 1.50 bits per heavy atom. The first kappa shape index (κ1) is 11.6. The van der Waals surface area contributed by atoms with Gasteiger partial charge in [-0.25, -0.2) is 4.39 Å². The Balaban J connectivity index is 1.95. The third kappa shape index (κ3) is 2.80.